The van der Waals surface area contributed by atoms with Gasteiger partial charge < -0.3 is 14.2 Å². The van der Waals surface area contributed by atoms with E-state index < -0.39 is 6.10 Å². The molecular weight excluding hydrogens is 877 g/mol. The van der Waals surface area contributed by atoms with Crippen molar-refractivity contribution in [2.45, 2.75) is 381 Å². The van der Waals surface area contributed by atoms with E-state index in [0.29, 0.717) is 19.3 Å². The molecule has 0 saturated heterocycles. The van der Waals surface area contributed by atoms with Crippen LogP contribution in [-0.2, 0) is 28.6 Å². The molecule has 0 radical (unpaired) electrons. The Morgan fingerprint density at radius 1 is 0.268 bits per heavy atom. The number of unbranched alkanes of at least 4 members (excludes halogenated alkanes) is 47. The van der Waals surface area contributed by atoms with Crippen LogP contribution < -0.4 is 0 Å². The highest BCUT2D eigenvalue weighted by molar-refractivity contribution is 5.71. The Morgan fingerprint density at radius 3 is 0.690 bits per heavy atom. The maximum absolute atomic E-state index is 12.9. The van der Waals surface area contributed by atoms with E-state index in [-0.39, 0.29) is 31.1 Å². The Bertz CT molecular complexity index is 1070. The van der Waals surface area contributed by atoms with Gasteiger partial charge in [0.25, 0.3) is 0 Å². The first-order valence-electron chi connectivity index (χ1n) is 32.4. The van der Waals surface area contributed by atoms with Crippen molar-refractivity contribution in [2.75, 3.05) is 13.2 Å². The SMILES string of the molecule is CCCCCCCCCCCCCCCCCCCCCC(=O)OC[C@@H](COC(=O)CCCCCCCCCCCCCCCC(C)C)OC(=O)CCCCCCCCCCCCCCCCCCCC. The van der Waals surface area contributed by atoms with Crippen molar-refractivity contribution in [1.29, 1.82) is 0 Å². The zero-order valence-electron chi connectivity index (χ0n) is 48.7. The molecule has 0 rings (SSSR count). The molecule has 0 saturated carbocycles. The van der Waals surface area contributed by atoms with Crippen molar-refractivity contribution in [3.05, 3.63) is 0 Å². The lowest BCUT2D eigenvalue weighted by Gasteiger charge is -2.18. The number of carbonyl (C=O) groups excluding carboxylic acids is 3. The lowest BCUT2D eigenvalue weighted by molar-refractivity contribution is -0.167. The van der Waals surface area contributed by atoms with E-state index in [2.05, 4.69) is 27.7 Å². The third kappa shape index (κ3) is 59.2. The van der Waals surface area contributed by atoms with E-state index in [1.807, 2.05) is 0 Å². The molecular formula is C65H126O6. The maximum Gasteiger partial charge on any atom is 0.306 e. The second-order valence-electron chi connectivity index (χ2n) is 22.9. The fourth-order valence-electron chi connectivity index (χ4n) is 10.2. The Morgan fingerprint density at radius 2 is 0.465 bits per heavy atom. The molecule has 0 fully saturated rings. The molecule has 0 aliphatic heterocycles. The van der Waals surface area contributed by atoms with E-state index >= 15 is 0 Å². The van der Waals surface area contributed by atoms with Gasteiger partial charge in [0.1, 0.15) is 13.2 Å². The van der Waals surface area contributed by atoms with Crippen LogP contribution in [-0.4, -0.2) is 37.2 Å². The molecule has 0 aromatic carbocycles. The molecule has 0 aliphatic rings. The predicted molar refractivity (Wildman–Crippen MR) is 307 cm³/mol. The van der Waals surface area contributed by atoms with Crippen LogP contribution >= 0.6 is 0 Å². The van der Waals surface area contributed by atoms with E-state index in [9.17, 15) is 14.4 Å². The fraction of sp³-hybridized carbons (Fsp3) is 0.954. The third-order valence-corrected chi connectivity index (χ3v) is 15.0. The molecule has 0 unspecified atom stereocenters. The summed E-state index contributed by atoms with van der Waals surface area (Å²) < 4.78 is 17.0. The van der Waals surface area contributed by atoms with Crippen molar-refractivity contribution in [3.8, 4) is 0 Å². The Labute approximate surface area is 444 Å². The van der Waals surface area contributed by atoms with E-state index in [1.165, 1.54) is 270 Å². The summed E-state index contributed by atoms with van der Waals surface area (Å²) in [7, 11) is 0. The molecule has 0 aliphatic carbocycles. The summed E-state index contributed by atoms with van der Waals surface area (Å²) in [6, 6.07) is 0. The number of hydrogen-bond donors (Lipinski definition) is 0. The monoisotopic (exact) mass is 1000 g/mol. The molecule has 0 heterocycles. The predicted octanol–water partition coefficient (Wildman–Crippen LogP) is 21.7. The van der Waals surface area contributed by atoms with Gasteiger partial charge in [-0.15, -0.1) is 0 Å². The van der Waals surface area contributed by atoms with Gasteiger partial charge in [-0.1, -0.05) is 336 Å². The van der Waals surface area contributed by atoms with Crippen LogP contribution in [0.4, 0.5) is 0 Å². The summed E-state index contributed by atoms with van der Waals surface area (Å²) >= 11 is 0. The summed E-state index contributed by atoms with van der Waals surface area (Å²) in [6.45, 7) is 9.09. The lowest BCUT2D eigenvalue weighted by atomic mass is 10.0. The first-order chi connectivity index (χ1) is 34.9. The number of esters is 3. The normalized spacial score (nSPS) is 12.0. The highest BCUT2D eigenvalue weighted by Gasteiger charge is 2.19. The molecule has 6 heteroatoms. The zero-order chi connectivity index (χ0) is 51.6. The minimum Gasteiger partial charge on any atom is -0.462 e. The summed E-state index contributed by atoms with van der Waals surface area (Å²) in [4.78, 5) is 38.3. The lowest BCUT2D eigenvalue weighted by Crippen LogP contribution is -2.30. The van der Waals surface area contributed by atoms with Crippen LogP contribution in [0.15, 0.2) is 0 Å². The molecule has 71 heavy (non-hydrogen) atoms. The van der Waals surface area contributed by atoms with E-state index in [4.69, 9.17) is 14.2 Å². The van der Waals surface area contributed by atoms with Crippen molar-refractivity contribution in [2.24, 2.45) is 5.92 Å². The summed E-state index contributed by atoms with van der Waals surface area (Å²) in [5.41, 5.74) is 0. The fourth-order valence-corrected chi connectivity index (χ4v) is 10.2. The number of hydrogen-bond acceptors (Lipinski definition) is 6. The summed E-state index contributed by atoms with van der Waals surface area (Å²) in [5.74, 6) is 0.0128. The molecule has 1 atom stereocenters. The highest BCUT2D eigenvalue weighted by Crippen LogP contribution is 2.19. The topological polar surface area (TPSA) is 78.9 Å². The van der Waals surface area contributed by atoms with Crippen molar-refractivity contribution >= 4 is 17.9 Å². The van der Waals surface area contributed by atoms with Gasteiger partial charge in [0, 0.05) is 19.3 Å². The largest absolute Gasteiger partial charge is 0.462 e. The first-order valence-corrected chi connectivity index (χ1v) is 32.4. The van der Waals surface area contributed by atoms with Crippen molar-refractivity contribution < 1.29 is 28.6 Å². The Hall–Kier alpha value is -1.59. The van der Waals surface area contributed by atoms with E-state index in [1.54, 1.807) is 0 Å². The zero-order valence-corrected chi connectivity index (χ0v) is 48.7. The third-order valence-electron chi connectivity index (χ3n) is 15.0. The van der Waals surface area contributed by atoms with Gasteiger partial charge in [-0.05, 0) is 25.2 Å². The smallest absolute Gasteiger partial charge is 0.306 e. The molecule has 422 valence electrons. The maximum atomic E-state index is 12.9. The van der Waals surface area contributed by atoms with Crippen LogP contribution in [0, 0.1) is 5.92 Å². The first kappa shape index (κ1) is 69.4. The molecule has 0 spiro atoms. The summed E-state index contributed by atoms with van der Waals surface area (Å²) in [6.07, 6.45) is 66.8. The van der Waals surface area contributed by atoms with Crippen molar-refractivity contribution in [1.82, 2.24) is 0 Å². The van der Waals surface area contributed by atoms with Gasteiger partial charge in [0.15, 0.2) is 6.10 Å². The van der Waals surface area contributed by atoms with Gasteiger partial charge in [0.05, 0.1) is 0 Å². The van der Waals surface area contributed by atoms with Gasteiger partial charge in [-0.3, -0.25) is 14.4 Å². The van der Waals surface area contributed by atoms with Gasteiger partial charge in [0.2, 0.25) is 0 Å². The number of carbonyl (C=O) groups is 3. The summed E-state index contributed by atoms with van der Waals surface area (Å²) in [5, 5.41) is 0. The van der Waals surface area contributed by atoms with E-state index in [0.717, 1.165) is 63.7 Å². The molecule has 0 aromatic heterocycles. The quantitative estimate of drug-likeness (QED) is 0.0343. The second-order valence-corrected chi connectivity index (χ2v) is 22.9. The van der Waals surface area contributed by atoms with Gasteiger partial charge in [-0.2, -0.15) is 0 Å². The molecule has 0 aromatic rings. The van der Waals surface area contributed by atoms with Crippen LogP contribution in [0.1, 0.15) is 374 Å². The number of rotatable bonds is 60. The Balaban J connectivity index is 4.28. The minimum absolute atomic E-state index is 0.0611. The van der Waals surface area contributed by atoms with Crippen LogP contribution in [0.3, 0.4) is 0 Å². The van der Waals surface area contributed by atoms with Crippen LogP contribution in [0.5, 0.6) is 0 Å². The standard InChI is InChI=1S/C65H126O6/c1-5-7-9-11-13-15-17-19-21-23-25-27-28-32-36-40-44-48-52-56-63(66)69-59-62(60-70-64(67)57-53-49-45-41-37-34-30-31-35-39-43-47-51-55-61(3)4)71-65(68)58-54-50-46-42-38-33-29-26-24-22-20-18-16-14-12-10-8-6-2/h61-62H,5-60H2,1-4H3/t62-/m0/s1. The second kappa shape index (κ2) is 59.3. The highest BCUT2D eigenvalue weighted by atomic mass is 16.6. The molecule has 0 N–H and O–H groups in total. The van der Waals surface area contributed by atoms with Crippen LogP contribution in [0.2, 0.25) is 0 Å². The minimum atomic E-state index is -0.763. The molecule has 6 nitrogen and oxygen atoms in total. The average molecular weight is 1000 g/mol. The molecule has 0 amide bonds. The van der Waals surface area contributed by atoms with Gasteiger partial charge >= 0.3 is 17.9 Å². The van der Waals surface area contributed by atoms with Crippen molar-refractivity contribution in [3.63, 3.8) is 0 Å². The Kier molecular flexibility index (Phi) is 58.0. The average Bonchev–Trinajstić information content (AvgIpc) is 3.36. The van der Waals surface area contributed by atoms with Gasteiger partial charge in [-0.25, -0.2) is 0 Å². The van der Waals surface area contributed by atoms with Crippen LogP contribution in [0.25, 0.3) is 0 Å². The number of ether oxygens (including phenoxy) is 3. The molecule has 0 bridgehead atoms.